The van der Waals surface area contributed by atoms with Crippen molar-refractivity contribution in [2.75, 3.05) is 17.8 Å². The highest BCUT2D eigenvalue weighted by Crippen LogP contribution is 2.14. The summed E-state index contributed by atoms with van der Waals surface area (Å²) in [5.41, 5.74) is 11.8. The fourth-order valence-corrected chi connectivity index (χ4v) is 0.896. The van der Waals surface area contributed by atoms with Gasteiger partial charge < -0.3 is 10.5 Å². The van der Waals surface area contributed by atoms with Crippen LogP contribution in [-0.2, 0) is 4.74 Å². The molecule has 0 radical (unpaired) electrons. The van der Waals surface area contributed by atoms with Crippen molar-refractivity contribution in [2.45, 2.75) is 6.92 Å². The number of anilines is 2. The molecule has 0 spiro atoms. The van der Waals surface area contributed by atoms with Crippen LogP contribution in [0.3, 0.4) is 0 Å². The normalized spacial score (nSPS) is 9.21. The number of carbonyl (C=O) groups is 1. The number of para-hydroxylation sites is 2. The predicted octanol–water partition coefficient (Wildman–Crippen LogP) is 1.34. The van der Waals surface area contributed by atoms with Gasteiger partial charge in [0, 0.05) is 0 Å². The summed E-state index contributed by atoms with van der Waals surface area (Å²) < 4.78 is 4.65. The van der Waals surface area contributed by atoms with Gasteiger partial charge in [0.2, 0.25) is 0 Å². The molecule has 0 saturated carbocycles. The first kappa shape index (κ1) is 10.2. The van der Waals surface area contributed by atoms with Gasteiger partial charge in [-0.1, -0.05) is 12.1 Å². The van der Waals surface area contributed by atoms with Gasteiger partial charge in [-0.05, 0) is 19.1 Å². The Labute approximate surface area is 82.2 Å². The Morgan fingerprint density at radius 2 is 2.21 bits per heavy atom. The molecule has 0 atom stereocenters. The number of carbonyl (C=O) groups excluding carboxylic acids is 1. The maximum atomic E-state index is 10.9. The van der Waals surface area contributed by atoms with Gasteiger partial charge >= 0.3 is 6.09 Å². The molecule has 14 heavy (non-hydrogen) atoms. The molecule has 0 unspecified atom stereocenters. The zero-order valence-corrected chi connectivity index (χ0v) is 7.91. The Morgan fingerprint density at radius 3 is 2.86 bits per heavy atom. The molecule has 1 rings (SSSR count). The monoisotopic (exact) mass is 195 g/mol. The predicted molar refractivity (Wildman–Crippen MR) is 54.6 cm³/mol. The first-order valence-electron chi connectivity index (χ1n) is 4.27. The van der Waals surface area contributed by atoms with Gasteiger partial charge in [0.25, 0.3) is 0 Å². The van der Waals surface area contributed by atoms with E-state index in [1.165, 1.54) is 0 Å². The number of ether oxygens (including phenoxy) is 1. The molecule has 4 N–H and O–H groups in total. The van der Waals surface area contributed by atoms with Crippen molar-refractivity contribution < 1.29 is 9.53 Å². The summed E-state index contributed by atoms with van der Waals surface area (Å²) in [5.74, 6) is 0. The van der Waals surface area contributed by atoms with Crippen molar-refractivity contribution in [2.24, 2.45) is 0 Å². The van der Waals surface area contributed by atoms with Gasteiger partial charge in [-0.25, -0.2) is 10.2 Å². The van der Waals surface area contributed by atoms with Crippen molar-refractivity contribution in [3.8, 4) is 0 Å². The highest BCUT2D eigenvalue weighted by molar-refractivity contribution is 5.72. The van der Waals surface area contributed by atoms with E-state index in [0.717, 1.165) is 0 Å². The fourth-order valence-electron chi connectivity index (χ4n) is 0.896. The van der Waals surface area contributed by atoms with Crippen LogP contribution in [0.25, 0.3) is 0 Å². The van der Waals surface area contributed by atoms with E-state index in [2.05, 4.69) is 15.6 Å². The lowest BCUT2D eigenvalue weighted by Crippen LogP contribution is -2.30. The van der Waals surface area contributed by atoms with Crippen LogP contribution in [0.2, 0.25) is 0 Å². The zero-order valence-electron chi connectivity index (χ0n) is 7.91. The summed E-state index contributed by atoms with van der Waals surface area (Å²) in [6, 6.07) is 7.10. The maximum Gasteiger partial charge on any atom is 0.425 e. The second-order valence-corrected chi connectivity index (χ2v) is 2.56. The van der Waals surface area contributed by atoms with Crippen molar-refractivity contribution in [3.63, 3.8) is 0 Å². The Kier molecular flexibility index (Phi) is 3.60. The average molecular weight is 195 g/mol. The fraction of sp³-hybridized carbons (Fsp3) is 0.222. The SMILES string of the molecule is CCOC(=O)NNc1ccccc1N. The lowest BCUT2D eigenvalue weighted by atomic mass is 10.3. The third-order valence-electron chi connectivity index (χ3n) is 1.54. The molecular formula is C9H13N3O2. The number of benzene rings is 1. The quantitative estimate of drug-likeness (QED) is 0.502. The van der Waals surface area contributed by atoms with E-state index in [1.807, 2.05) is 12.1 Å². The number of hydrazine groups is 1. The van der Waals surface area contributed by atoms with Crippen LogP contribution in [0.15, 0.2) is 24.3 Å². The number of hydrogen-bond donors (Lipinski definition) is 3. The van der Waals surface area contributed by atoms with Crippen molar-refractivity contribution in [1.29, 1.82) is 0 Å². The lowest BCUT2D eigenvalue weighted by Gasteiger charge is -2.09. The molecule has 1 amide bonds. The highest BCUT2D eigenvalue weighted by Gasteiger charge is 2.00. The Morgan fingerprint density at radius 1 is 1.50 bits per heavy atom. The molecule has 0 fully saturated rings. The number of nitrogens with one attached hydrogen (secondary N) is 2. The molecule has 0 saturated heterocycles. The number of nitrogens with two attached hydrogens (primary N) is 1. The summed E-state index contributed by atoms with van der Waals surface area (Å²) in [5, 5.41) is 0. The van der Waals surface area contributed by atoms with Gasteiger partial charge in [0.15, 0.2) is 0 Å². The second-order valence-electron chi connectivity index (χ2n) is 2.56. The molecule has 5 nitrogen and oxygen atoms in total. The standard InChI is InChI=1S/C9H13N3O2/c1-2-14-9(13)12-11-8-6-4-3-5-7(8)10/h3-6,11H,2,10H2,1H3,(H,12,13). The van der Waals surface area contributed by atoms with Crippen LogP contribution in [0.4, 0.5) is 16.2 Å². The third kappa shape index (κ3) is 2.85. The van der Waals surface area contributed by atoms with E-state index >= 15 is 0 Å². The third-order valence-corrected chi connectivity index (χ3v) is 1.54. The van der Waals surface area contributed by atoms with Crippen molar-refractivity contribution in [3.05, 3.63) is 24.3 Å². The van der Waals surface area contributed by atoms with Crippen LogP contribution in [0, 0.1) is 0 Å². The van der Waals surface area contributed by atoms with Crippen molar-refractivity contribution in [1.82, 2.24) is 5.43 Å². The largest absolute Gasteiger partial charge is 0.449 e. The van der Waals surface area contributed by atoms with Gasteiger partial charge in [-0.2, -0.15) is 0 Å². The summed E-state index contributed by atoms with van der Waals surface area (Å²) in [7, 11) is 0. The van der Waals surface area contributed by atoms with Crippen LogP contribution < -0.4 is 16.6 Å². The maximum absolute atomic E-state index is 10.9. The summed E-state index contributed by atoms with van der Waals surface area (Å²) >= 11 is 0. The van der Waals surface area contributed by atoms with Crippen LogP contribution in [0.5, 0.6) is 0 Å². The van der Waals surface area contributed by atoms with E-state index in [-0.39, 0.29) is 0 Å². The van der Waals surface area contributed by atoms with Crippen LogP contribution in [-0.4, -0.2) is 12.7 Å². The molecule has 0 aliphatic heterocycles. The molecule has 76 valence electrons. The second kappa shape index (κ2) is 4.96. The topological polar surface area (TPSA) is 76.4 Å². The van der Waals surface area contributed by atoms with E-state index in [9.17, 15) is 4.79 Å². The van der Waals surface area contributed by atoms with E-state index in [4.69, 9.17) is 5.73 Å². The number of amides is 1. The molecule has 0 aliphatic rings. The van der Waals surface area contributed by atoms with E-state index < -0.39 is 6.09 Å². The van der Waals surface area contributed by atoms with Crippen molar-refractivity contribution >= 4 is 17.5 Å². The number of nitrogen functional groups attached to an aromatic ring is 1. The number of hydrogen-bond acceptors (Lipinski definition) is 4. The summed E-state index contributed by atoms with van der Waals surface area (Å²) in [4.78, 5) is 10.9. The Bertz CT molecular complexity index is 315. The summed E-state index contributed by atoms with van der Waals surface area (Å²) in [6.07, 6.45) is -0.532. The molecule has 0 bridgehead atoms. The van der Waals surface area contributed by atoms with Crippen LogP contribution >= 0.6 is 0 Å². The average Bonchev–Trinajstić information content (AvgIpc) is 2.17. The van der Waals surface area contributed by atoms with Gasteiger partial charge in [-0.15, -0.1) is 0 Å². The van der Waals surface area contributed by atoms with Gasteiger partial charge in [-0.3, -0.25) is 5.43 Å². The Balaban J connectivity index is 2.46. The van der Waals surface area contributed by atoms with Crippen LogP contribution in [0.1, 0.15) is 6.92 Å². The molecule has 0 aliphatic carbocycles. The minimum absolute atomic E-state index is 0.331. The highest BCUT2D eigenvalue weighted by atomic mass is 16.5. The smallest absolute Gasteiger partial charge is 0.425 e. The molecule has 1 aromatic carbocycles. The first-order chi connectivity index (χ1) is 6.74. The molecular weight excluding hydrogens is 182 g/mol. The Hall–Kier alpha value is -1.91. The summed E-state index contributed by atoms with van der Waals surface area (Å²) in [6.45, 7) is 2.06. The minimum atomic E-state index is -0.532. The molecule has 0 aromatic heterocycles. The lowest BCUT2D eigenvalue weighted by molar-refractivity contribution is 0.154. The minimum Gasteiger partial charge on any atom is -0.449 e. The van der Waals surface area contributed by atoms with E-state index in [1.54, 1.807) is 19.1 Å². The first-order valence-corrected chi connectivity index (χ1v) is 4.27. The number of rotatable bonds is 3. The van der Waals surface area contributed by atoms with Gasteiger partial charge in [0.1, 0.15) is 0 Å². The van der Waals surface area contributed by atoms with Gasteiger partial charge in [0.05, 0.1) is 18.0 Å². The molecule has 0 heterocycles. The molecule has 5 heteroatoms. The van der Waals surface area contributed by atoms with E-state index in [0.29, 0.717) is 18.0 Å². The zero-order chi connectivity index (χ0) is 10.4. The molecule has 1 aromatic rings.